The minimum atomic E-state index is -0.228. The zero-order chi connectivity index (χ0) is 15.4. The number of hydrogen-bond acceptors (Lipinski definition) is 4. The molecular weight excluding hydrogens is 355 g/mol. The molecule has 1 aromatic carbocycles. The highest BCUT2D eigenvalue weighted by molar-refractivity contribution is 9.10. The summed E-state index contributed by atoms with van der Waals surface area (Å²) in [7, 11) is 0. The van der Waals surface area contributed by atoms with Crippen molar-refractivity contribution in [1.29, 1.82) is 0 Å². The average Bonchev–Trinajstić information content (AvgIpc) is 2.84. The lowest BCUT2D eigenvalue weighted by molar-refractivity contribution is 0.467. The van der Waals surface area contributed by atoms with Crippen molar-refractivity contribution < 1.29 is 4.39 Å². The van der Waals surface area contributed by atoms with Crippen LogP contribution in [-0.4, -0.2) is 15.5 Å². The van der Waals surface area contributed by atoms with E-state index in [1.165, 1.54) is 12.1 Å². The molecule has 0 saturated carbocycles. The van der Waals surface area contributed by atoms with Crippen LogP contribution in [0.25, 0.3) is 0 Å². The highest BCUT2D eigenvalue weighted by atomic mass is 79.9. The van der Waals surface area contributed by atoms with Gasteiger partial charge in [0.2, 0.25) is 0 Å². The molecule has 0 aliphatic heterocycles. The first-order chi connectivity index (χ1) is 10.0. The maximum Gasteiger partial charge on any atom is 0.123 e. The molecule has 0 fully saturated rings. The molecular formula is C14H18BrFN4S. The highest BCUT2D eigenvalue weighted by Gasteiger charge is 2.20. The number of thioether (sulfide) groups is 1. The Hall–Kier alpha value is -0.890. The molecule has 2 rings (SSSR count). The van der Waals surface area contributed by atoms with Gasteiger partial charge in [-0.05, 0) is 54.0 Å². The minimum absolute atomic E-state index is 0.0562. The number of hydrazine groups is 1. The van der Waals surface area contributed by atoms with Gasteiger partial charge in [0.15, 0.2) is 0 Å². The second-order valence-corrected chi connectivity index (χ2v) is 6.85. The molecule has 1 aromatic heterocycles. The summed E-state index contributed by atoms with van der Waals surface area (Å²) >= 11 is 5.14. The lowest BCUT2D eigenvalue weighted by Gasteiger charge is -2.20. The van der Waals surface area contributed by atoms with E-state index in [1.807, 2.05) is 4.68 Å². The summed E-state index contributed by atoms with van der Waals surface area (Å²) in [5.41, 5.74) is 3.85. The molecule has 1 atom stereocenters. The summed E-state index contributed by atoms with van der Waals surface area (Å²) in [4.78, 5) is 1.00. The van der Waals surface area contributed by atoms with Crippen LogP contribution in [0.2, 0.25) is 0 Å². The van der Waals surface area contributed by atoms with Gasteiger partial charge in [0.05, 0.1) is 22.4 Å². The number of aromatic nitrogens is 2. The molecule has 2 aromatic rings. The van der Waals surface area contributed by atoms with E-state index in [0.717, 1.165) is 20.8 Å². The molecule has 7 heteroatoms. The molecule has 0 amide bonds. The number of hydrogen-bond donors (Lipinski definition) is 2. The molecule has 0 aliphatic carbocycles. The van der Waals surface area contributed by atoms with Gasteiger partial charge in [-0.2, -0.15) is 5.10 Å². The van der Waals surface area contributed by atoms with Crippen molar-refractivity contribution in [3.63, 3.8) is 0 Å². The van der Waals surface area contributed by atoms with E-state index in [2.05, 4.69) is 40.3 Å². The maximum absolute atomic E-state index is 12.9. The van der Waals surface area contributed by atoms with Gasteiger partial charge in [-0.1, -0.05) is 0 Å². The van der Waals surface area contributed by atoms with Crippen LogP contribution >= 0.6 is 27.7 Å². The Kier molecular flexibility index (Phi) is 5.80. The summed E-state index contributed by atoms with van der Waals surface area (Å²) in [6.45, 7) is 4.15. The fourth-order valence-corrected chi connectivity index (χ4v) is 3.50. The van der Waals surface area contributed by atoms with Crippen molar-refractivity contribution in [2.45, 2.75) is 30.8 Å². The zero-order valence-corrected chi connectivity index (χ0v) is 14.3. The summed E-state index contributed by atoms with van der Waals surface area (Å²) in [5, 5.41) is 4.37. The van der Waals surface area contributed by atoms with E-state index < -0.39 is 0 Å². The fraction of sp³-hybridized carbons (Fsp3) is 0.357. The van der Waals surface area contributed by atoms with Crippen LogP contribution in [0.4, 0.5) is 4.39 Å². The Morgan fingerprint density at radius 1 is 1.38 bits per heavy atom. The van der Waals surface area contributed by atoms with Gasteiger partial charge in [0.1, 0.15) is 5.82 Å². The summed E-state index contributed by atoms with van der Waals surface area (Å²) in [6, 6.07) is 6.64. The Bertz CT molecular complexity index is 585. The first kappa shape index (κ1) is 16.5. The third kappa shape index (κ3) is 4.06. The molecule has 21 heavy (non-hydrogen) atoms. The number of nitrogens with one attached hydrogen (secondary N) is 1. The van der Waals surface area contributed by atoms with Crippen molar-refractivity contribution >= 4 is 27.7 Å². The van der Waals surface area contributed by atoms with Crippen LogP contribution in [0.1, 0.15) is 31.6 Å². The molecule has 0 bridgehead atoms. The minimum Gasteiger partial charge on any atom is -0.271 e. The molecule has 1 heterocycles. The molecule has 4 nitrogen and oxygen atoms in total. The molecule has 1 unspecified atom stereocenters. The predicted molar refractivity (Wildman–Crippen MR) is 87.5 cm³/mol. The molecule has 0 radical (unpaired) electrons. The molecule has 0 spiro atoms. The largest absolute Gasteiger partial charge is 0.271 e. The van der Waals surface area contributed by atoms with E-state index in [9.17, 15) is 4.39 Å². The van der Waals surface area contributed by atoms with E-state index in [1.54, 1.807) is 30.1 Å². The van der Waals surface area contributed by atoms with Gasteiger partial charge in [-0.25, -0.2) is 4.39 Å². The number of halogens is 2. The van der Waals surface area contributed by atoms with E-state index in [-0.39, 0.29) is 17.9 Å². The second kappa shape index (κ2) is 7.40. The van der Waals surface area contributed by atoms with E-state index >= 15 is 0 Å². The number of benzene rings is 1. The van der Waals surface area contributed by atoms with Crippen molar-refractivity contribution in [2.75, 3.05) is 5.75 Å². The van der Waals surface area contributed by atoms with Crippen LogP contribution in [0.5, 0.6) is 0 Å². The summed E-state index contributed by atoms with van der Waals surface area (Å²) in [6.07, 6.45) is 1.78. The molecule has 0 aliphatic rings. The van der Waals surface area contributed by atoms with Gasteiger partial charge < -0.3 is 0 Å². The quantitative estimate of drug-likeness (QED) is 0.461. The third-order valence-corrected chi connectivity index (χ3v) is 4.75. The molecule has 0 saturated heterocycles. The van der Waals surface area contributed by atoms with Gasteiger partial charge in [0.25, 0.3) is 0 Å². The SMILES string of the molecule is CC(C)n1ncc(Br)c1C(CSc1ccc(F)cc1)NN. The fourth-order valence-electron chi connectivity index (χ4n) is 2.00. The first-order valence-corrected chi connectivity index (χ1v) is 8.38. The van der Waals surface area contributed by atoms with Crippen molar-refractivity contribution in [1.82, 2.24) is 15.2 Å². The van der Waals surface area contributed by atoms with Crippen molar-refractivity contribution in [3.05, 3.63) is 46.4 Å². The van der Waals surface area contributed by atoms with Gasteiger partial charge >= 0.3 is 0 Å². The summed E-state index contributed by atoms with van der Waals surface area (Å²) in [5.74, 6) is 6.20. The Labute approximate surface area is 136 Å². The normalized spacial score (nSPS) is 12.9. The van der Waals surface area contributed by atoms with Gasteiger partial charge in [-0.3, -0.25) is 16.0 Å². The van der Waals surface area contributed by atoms with Crippen molar-refractivity contribution in [2.24, 2.45) is 5.84 Å². The third-order valence-electron chi connectivity index (χ3n) is 3.04. The molecule has 3 N–H and O–H groups in total. The lowest BCUT2D eigenvalue weighted by atomic mass is 10.2. The Morgan fingerprint density at radius 2 is 2.05 bits per heavy atom. The Balaban J connectivity index is 2.13. The summed E-state index contributed by atoms with van der Waals surface area (Å²) < 4.78 is 15.8. The van der Waals surface area contributed by atoms with Crippen LogP contribution in [0.3, 0.4) is 0 Å². The maximum atomic E-state index is 12.9. The predicted octanol–water partition coefficient (Wildman–Crippen LogP) is 3.66. The number of rotatable bonds is 6. The van der Waals surface area contributed by atoms with E-state index in [0.29, 0.717) is 0 Å². The molecule has 114 valence electrons. The van der Waals surface area contributed by atoms with Gasteiger partial charge in [0, 0.05) is 16.7 Å². The van der Waals surface area contributed by atoms with E-state index in [4.69, 9.17) is 5.84 Å². The van der Waals surface area contributed by atoms with Crippen LogP contribution in [0, 0.1) is 5.82 Å². The average molecular weight is 373 g/mol. The van der Waals surface area contributed by atoms with Gasteiger partial charge in [-0.15, -0.1) is 11.8 Å². The first-order valence-electron chi connectivity index (χ1n) is 6.60. The van der Waals surface area contributed by atoms with Crippen LogP contribution in [0.15, 0.2) is 39.8 Å². The smallest absolute Gasteiger partial charge is 0.123 e. The van der Waals surface area contributed by atoms with Crippen molar-refractivity contribution in [3.8, 4) is 0 Å². The number of nitrogens with zero attached hydrogens (tertiary/aromatic N) is 2. The lowest BCUT2D eigenvalue weighted by Crippen LogP contribution is -2.32. The van der Waals surface area contributed by atoms with Crippen LogP contribution < -0.4 is 11.3 Å². The second-order valence-electron chi connectivity index (χ2n) is 4.90. The standard InChI is InChI=1S/C14H18BrFN4S/c1-9(2)20-14(12(15)7-18-20)13(19-17)8-21-11-5-3-10(16)4-6-11/h3-7,9,13,19H,8,17H2,1-2H3. The Morgan fingerprint density at radius 3 is 2.62 bits per heavy atom. The number of nitrogens with two attached hydrogens (primary N) is 1. The monoisotopic (exact) mass is 372 g/mol. The topological polar surface area (TPSA) is 55.9 Å². The highest BCUT2D eigenvalue weighted by Crippen LogP contribution is 2.30. The zero-order valence-electron chi connectivity index (χ0n) is 11.9. The van der Waals surface area contributed by atoms with Crippen LogP contribution in [-0.2, 0) is 0 Å².